The van der Waals surface area contributed by atoms with E-state index < -0.39 is 0 Å². The van der Waals surface area contributed by atoms with E-state index in [9.17, 15) is 9.59 Å². The first-order valence-electron chi connectivity index (χ1n) is 7.73. The van der Waals surface area contributed by atoms with Crippen LogP contribution >= 0.6 is 0 Å². The standard InChI is InChI=1S/C16H23N3O4/c20-8-6-18(7-9-21)16(23)17-14-10-15(22)19(12-14)11-13-4-2-1-3-5-13/h1-5,14,20-21H,6-12H2,(H,17,23). The third kappa shape index (κ3) is 4.94. The first kappa shape index (κ1) is 17.2. The minimum atomic E-state index is -0.368. The van der Waals surface area contributed by atoms with E-state index in [0.29, 0.717) is 13.1 Å². The van der Waals surface area contributed by atoms with Gasteiger partial charge in [-0.05, 0) is 5.56 Å². The predicted octanol–water partition coefficient (Wildman–Crippen LogP) is -0.216. The molecular weight excluding hydrogens is 298 g/mol. The van der Waals surface area contributed by atoms with Crippen LogP contribution in [0.1, 0.15) is 12.0 Å². The van der Waals surface area contributed by atoms with E-state index in [1.165, 1.54) is 4.90 Å². The summed E-state index contributed by atoms with van der Waals surface area (Å²) in [5, 5.41) is 20.7. The third-order valence-corrected chi connectivity index (χ3v) is 3.79. The van der Waals surface area contributed by atoms with Crippen molar-refractivity contribution in [2.45, 2.75) is 19.0 Å². The summed E-state index contributed by atoms with van der Waals surface area (Å²) in [6.45, 7) is 0.963. The summed E-state index contributed by atoms with van der Waals surface area (Å²) in [7, 11) is 0. The van der Waals surface area contributed by atoms with Gasteiger partial charge >= 0.3 is 6.03 Å². The Bertz CT molecular complexity index is 517. The molecule has 1 aliphatic heterocycles. The lowest BCUT2D eigenvalue weighted by Crippen LogP contribution is -2.47. The Hall–Kier alpha value is -2.12. The van der Waals surface area contributed by atoms with Crippen LogP contribution in [-0.4, -0.2) is 70.8 Å². The number of aliphatic hydroxyl groups excluding tert-OH is 2. The average Bonchev–Trinajstić information content (AvgIpc) is 2.87. The van der Waals surface area contributed by atoms with Crippen molar-refractivity contribution in [1.29, 1.82) is 0 Å². The molecule has 7 heteroatoms. The predicted molar refractivity (Wildman–Crippen MR) is 84.5 cm³/mol. The van der Waals surface area contributed by atoms with Gasteiger partial charge in [0.1, 0.15) is 0 Å². The topological polar surface area (TPSA) is 93.1 Å². The summed E-state index contributed by atoms with van der Waals surface area (Å²) < 4.78 is 0. The smallest absolute Gasteiger partial charge is 0.317 e. The van der Waals surface area contributed by atoms with E-state index >= 15 is 0 Å². The minimum absolute atomic E-state index is 0.00928. The molecule has 1 unspecified atom stereocenters. The molecule has 1 heterocycles. The van der Waals surface area contributed by atoms with Crippen LogP contribution in [0.2, 0.25) is 0 Å². The molecule has 0 spiro atoms. The van der Waals surface area contributed by atoms with Crippen molar-refractivity contribution in [3.05, 3.63) is 35.9 Å². The molecular formula is C16H23N3O4. The van der Waals surface area contributed by atoms with Crippen molar-refractivity contribution in [2.75, 3.05) is 32.8 Å². The average molecular weight is 321 g/mol. The van der Waals surface area contributed by atoms with Gasteiger partial charge in [0, 0.05) is 32.6 Å². The summed E-state index contributed by atoms with van der Waals surface area (Å²) in [6, 6.07) is 9.08. The molecule has 1 fully saturated rings. The van der Waals surface area contributed by atoms with Gasteiger partial charge in [0.15, 0.2) is 0 Å². The Balaban J connectivity index is 1.88. The van der Waals surface area contributed by atoms with Gasteiger partial charge in [-0.2, -0.15) is 0 Å². The Morgan fingerprint density at radius 1 is 1.22 bits per heavy atom. The van der Waals surface area contributed by atoms with Gasteiger partial charge in [0.05, 0.1) is 19.3 Å². The lowest BCUT2D eigenvalue weighted by molar-refractivity contribution is -0.128. The molecule has 1 aliphatic rings. The van der Waals surface area contributed by atoms with Crippen molar-refractivity contribution in [3.8, 4) is 0 Å². The molecule has 1 aromatic rings. The van der Waals surface area contributed by atoms with E-state index in [0.717, 1.165) is 5.56 Å². The van der Waals surface area contributed by atoms with E-state index in [-0.39, 0.29) is 50.7 Å². The normalized spacial score (nSPS) is 17.4. The molecule has 0 radical (unpaired) electrons. The van der Waals surface area contributed by atoms with Gasteiger partial charge in [-0.3, -0.25) is 4.79 Å². The zero-order valence-electron chi connectivity index (χ0n) is 13.0. The molecule has 1 aromatic carbocycles. The molecule has 0 saturated carbocycles. The highest BCUT2D eigenvalue weighted by Gasteiger charge is 2.31. The van der Waals surface area contributed by atoms with Crippen LogP contribution < -0.4 is 5.32 Å². The number of nitrogens with one attached hydrogen (secondary N) is 1. The molecule has 1 saturated heterocycles. The maximum absolute atomic E-state index is 12.1. The summed E-state index contributed by atoms with van der Waals surface area (Å²) in [4.78, 5) is 27.2. The molecule has 0 aliphatic carbocycles. The molecule has 0 aromatic heterocycles. The van der Waals surface area contributed by atoms with Crippen molar-refractivity contribution < 1.29 is 19.8 Å². The number of carbonyl (C=O) groups excluding carboxylic acids is 2. The first-order chi connectivity index (χ1) is 11.1. The maximum atomic E-state index is 12.1. The molecule has 2 rings (SSSR count). The molecule has 3 amide bonds. The van der Waals surface area contributed by atoms with Gasteiger partial charge in [-0.25, -0.2) is 4.79 Å². The Morgan fingerprint density at radius 3 is 2.48 bits per heavy atom. The summed E-state index contributed by atoms with van der Waals surface area (Å²) in [6.07, 6.45) is 0.269. The van der Waals surface area contributed by atoms with Gasteiger partial charge in [0.2, 0.25) is 5.91 Å². The van der Waals surface area contributed by atoms with Crippen molar-refractivity contribution >= 4 is 11.9 Å². The van der Waals surface area contributed by atoms with Crippen LogP contribution in [0.25, 0.3) is 0 Å². The number of hydrogen-bond donors (Lipinski definition) is 3. The second kappa shape index (κ2) is 8.50. The number of urea groups is 1. The highest BCUT2D eigenvalue weighted by molar-refractivity contribution is 5.81. The van der Waals surface area contributed by atoms with E-state index in [1.807, 2.05) is 30.3 Å². The van der Waals surface area contributed by atoms with Crippen molar-refractivity contribution in [1.82, 2.24) is 15.1 Å². The monoisotopic (exact) mass is 321 g/mol. The van der Waals surface area contributed by atoms with Crippen LogP contribution in [0.15, 0.2) is 30.3 Å². The SMILES string of the molecule is O=C1CC(NC(=O)N(CCO)CCO)CN1Cc1ccccc1. The number of hydrogen-bond acceptors (Lipinski definition) is 4. The summed E-state index contributed by atoms with van der Waals surface area (Å²) in [5.74, 6) is 0.00928. The lowest BCUT2D eigenvalue weighted by atomic mass is 10.2. The largest absolute Gasteiger partial charge is 0.395 e. The number of rotatable bonds is 7. The fourth-order valence-corrected chi connectivity index (χ4v) is 2.65. The number of amides is 3. The van der Waals surface area contributed by atoms with Gasteiger partial charge in [0.25, 0.3) is 0 Å². The summed E-state index contributed by atoms with van der Waals surface area (Å²) in [5.41, 5.74) is 1.05. The first-order valence-corrected chi connectivity index (χ1v) is 7.73. The molecule has 1 atom stereocenters. The molecule has 23 heavy (non-hydrogen) atoms. The van der Waals surface area contributed by atoms with Gasteiger partial charge in [-0.1, -0.05) is 30.3 Å². The molecule has 126 valence electrons. The molecule has 7 nitrogen and oxygen atoms in total. The summed E-state index contributed by atoms with van der Waals surface area (Å²) >= 11 is 0. The van der Waals surface area contributed by atoms with Crippen molar-refractivity contribution in [3.63, 3.8) is 0 Å². The third-order valence-electron chi connectivity index (χ3n) is 3.79. The number of carbonyl (C=O) groups is 2. The second-order valence-corrected chi connectivity index (χ2v) is 5.54. The van der Waals surface area contributed by atoms with E-state index in [2.05, 4.69) is 5.32 Å². The Morgan fingerprint density at radius 2 is 1.87 bits per heavy atom. The van der Waals surface area contributed by atoms with Crippen LogP contribution in [0.4, 0.5) is 4.79 Å². The minimum Gasteiger partial charge on any atom is -0.395 e. The number of benzene rings is 1. The fourth-order valence-electron chi connectivity index (χ4n) is 2.65. The maximum Gasteiger partial charge on any atom is 0.317 e. The zero-order chi connectivity index (χ0) is 16.7. The Kier molecular flexibility index (Phi) is 6.37. The fraction of sp³-hybridized carbons (Fsp3) is 0.500. The van der Waals surface area contributed by atoms with Gasteiger partial charge < -0.3 is 25.3 Å². The van der Waals surface area contributed by atoms with Crippen LogP contribution in [-0.2, 0) is 11.3 Å². The van der Waals surface area contributed by atoms with Crippen LogP contribution in [0.3, 0.4) is 0 Å². The van der Waals surface area contributed by atoms with E-state index in [1.54, 1.807) is 4.90 Å². The molecule has 0 bridgehead atoms. The zero-order valence-corrected chi connectivity index (χ0v) is 13.0. The molecule has 3 N–H and O–H groups in total. The number of aliphatic hydroxyl groups is 2. The number of nitrogens with zero attached hydrogens (tertiary/aromatic N) is 2. The van der Waals surface area contributed by atoms with Crippen LogP contribution in [0, 0.1) is 0 Å². The van der Waals surface area contributed by atoms with Crippen molar-refractivity contribution in [2.24, 2.45) is 0 Å². The Labute approximate surface area is 135 Å². The number of likely N-dealkylation sites (tertiary alicyclic amines) is 1. The van der Waals surface area contributed by atoms with Crippen LogP contribution in [0.5, 0.6) is 0 Å². The highest BCUT2D eigenvalue weighted by Crippen LogP contribution is 2.15. The van der Waals surface area contributed by atoms with Gasteiger partial charge in [-0.15, -0.1) is 0 Å². The van der Waals surface area contributed by atoms with E-state index in [4.69, 9.17) is 10.2 Å². The highest BCUT2D eigenvalue weighted by atomic mass is 16.3. The second-order valence-electron chi connectivity index (χ2n) is 5.54. The quantitative estimate of drug-likeness (QED) is 0.647. The lowest BCUT2D eigenvalue weighted by Gasteiger charge is -2.23.